The molecule has 0 aromatic heterocycles. The van der Waals surface area contributed by atoms with Gasteiger partial charge in [-0.3, -0.25) is 0 Å². The molecular formula is C9H8O3P+. The van der Waals surface area contributed by atoms with Crippen molar-refractivity contribution in [3.8, 4) is 18.1 Å². The number of hydrogen-bond acceptors (Lipinski definition) is 3. The van der Waals surface area contributed by atoms with Crippen LogP contribution in [0.4, 0.5) is 0 Å². The third-order valence-corrected chi connectivity index (χ3v) is 1.88. The van der Waals surface area contributed by atoms with Crippen LogP contribution in [0.1, 0.15) is 0 Å². The molecule has 0 heterocycles. The van der Waals surface area contributed by atoms with Gasteiger partial charge in [0.1, 0.15) is 0 Å². The van der Waals surface area contributed by atoms with Gasteiger partial charge in [-0.15, -0.1) is 6.42 Å². The lowest BCUT2D eigenvalue weighted by molar-refractivity contribution is 0.322. The van der Waals surface area contributed by atoms with Gasteiger partial charge in [0.05, 0.1) is 0 Å². The Bertz CT molecular complexity index is 315. The predicted molar refractivity (Wildman–Crippen MR) is 49.5 cm³/mol. The first kappa shape index (κ1) is 9.73. The summed E-state index contributed by atoms with van der Waals surface area (Å²) in [4.78, 5) is 0. The zero-order chi connectivity index (χ0) is 9.52. The molecule has 0 N–H and O–H groups in total. The Balaban J connectivity index is 2.42. The van der Waals surface area contributed by atoms with Crippen molar-refractivity contribution in [1.29, 1.82) is 0 Å². The van der Waals surface area contributed by atoms with E-state index < -0.39 is 8.25 Å². The highest BCUT2D eigenvalue weighted by molar-refractivity contribution is 7.33. The summed E-state index contributed by atoms with van der Waals surface area (Å²) in [6, 6.07) is 8.76. The van der Waals surface area contributed by atoms with Crippen LogP contribution in [0.5, 0.6) is 5.75 Å². The standard InChI is InChI=1S/C9H8O3P/c1-2-8-11-13(10)12-9-6-4-3-5-7-9/h1,3-7H,8H2/q+1. The Labute approximate surface area is 77.6 Å². The van der Waals surface area contributed by atoms with E-state index in [-0.39, 0.29) is 6.61 Å². The Morgan fingerprint density at radius 3 is 2.69 bits per heavy atom. The van der Waals surface area contributed by atoms with E-state index in [2.05, 4.69) is 10.4 Å². The summed E-state index contributed by atoms with van der Waals surface area (Å²) in [5.41, 5.74) is 0. The van der Waals surface area contributed by atoms with E-state index in [1.807, 2.05) is 6.07 Å². The summed E-state index contributed by atoms with van der Waals surface area (Å²) in [7, 11) is -2.16. The molecule has 1 rings (SSSR count). The van der Waals surface area contributed by atoms with Gasteiger partial charge in [0.2, 0.25) is 0 Å². The number of rotatable bonds is 4. The van der Waals surface area contributed by atoms with Gasteiger partial charge in [-0.1, -0.05) is 28.6 Å². The molecule has 1 atom stereocenters. The van der Waals surface area contributed by atoms with Gasteiger partial charge in [-0.2, -0.15) is 0 Å². The molecule has 66 valence electrons. The summed E-state index contributed by atoms with van der Waals surface area (Å²) >= 11 is 0. The predicted octanol–water partition coefficient (Wildman–Crippen LogP) is 2.37. The molecule has 0 saturated carbocycles. The molecule has 0 bridgehead atoms. The Kier molecular flexibility index (Phi) is 3.98. The molecular weight excluding hydrogens is 187 g/mol. The lowest BCUT2D eigenvalue weighted by Gasteiger charge is -1.89. The molecule has 0 aliphatic rings. The number of para-hydroxylation sites is 1. The molecule has 1 aromatic rings. The topological polar surface area (TPSA) is 35.5 Å². The molecule has 3 nitrogen and oxygen atoms in total. The molecule has 0 amide bonds. The van der Waals surface area contributed by atoms with Crippen molar-refractivity contribution in [2.75, 3.05) is 6.61 Å². The maximum Gasteiger partial charge on any atom is 0.751 e. The van der Waals surface area contributed by atoms with Gasteiger partial charge in [0, 0.05) is 4.57 Å². The number of benzene rings is 1. The minimum Gasteiger partial charge on any atom is -0.229 e. The Hall–Kier alpha value is -1.36. The average Bonchev–Trinajstić information content (AvgIpc) is 2.16. The minimum atomic E-state index is -2.16. The van der Waals surface area contributed by atoms with Crippen molar-refractivity contribution in [1.82, 2.24) is 0 Å². The fourth-order valence-electron chi connectivity index (χ4n) is 0.684. The van der Waals surface area contributed by atoms with Crippen molar-refractivity contribution >= 4 is 8.25 Å². The normalized spacial score (nSPS) is 10.2. The van der Waals surface area contributed by atoms with Crippen LogP contribution >= 0.6 is 8.25 Å². The molecule has 0 radical (unpaired) electrons. The van der Waals surface area contributed by atoms with Gasteiger partial charge >= 0.3 is 8.25 Å². The second kappa shape index (κ2) is 5.31. The quantitative estimate of drug-likeness (QED) is 0.546. The highest BCUT2D eigenvalue weighted by Gasteiger charge is 2.20. The average molecular weight is 195 g/mol. The van der Waals surface area contributed by atoms with Gasteiger partial charge in [-0.25, -0.2) is 4.52 Å². The van der Waals surface area contributed by atoms with Gasteiger partial charge < -0.3 is 0 Å². The van der Waals surface area contributed by atoms with Crippen LogP contribution in [0.25, 0.3) is 0 Å². The smallest absolute Gasteiger partial charge is 0.229 e. The number of terminal acetylenes is 1. The van der Waals surface area contributed by atoms with Crippen molar-refractivity contribution < 1.29 is 13.6 Å². The van der Waals surface area contributed by atoms with E-state index in [0.717, 1.165) is 0 Å². The number of hydrogen-bond donors (Lipinski definition) is 0. The zero-order valence-electron chi connectivity index (χ0n) is 6.84. The molecule has 1 aromatic carbocycles. The molecule has 0 aliphatic heterocycles. The summed E-state index contributed by atoms with van der Waals surface area (Å²) in [5.74, 6) is 2.70. The van der Waals surface area contributed by atoms with E-state index in [1.165, 1.54) is 0 Å². The van der Waals surface area contributed by atoms with E-state index in [4.69, 9.17) is 10.9 Å². The summed E-state index contributed by atoms with van der Waals surface area (Å²) in [6.07, 6.45) is 4.91. The Morgan fingerprint density at radius 1 is 1.38 bits per heavy atom. The van der Waals surface area contributed by atoms with Crippen molar-refractivity contribution in [3.05, 3.63) is 30.3 Å². The highest BCUT2D eigenvalue weighted by Crippen LogP contribution is 2.26. The molecule has 4 heteroatoms. The minimum absolute atomic E-state index is 0.0119. The lowest BCUT2D eigenvalue weighted by Crippen LogP contribution is -1.86. The van der Waals surface area contributed by atoms with Crippen LogP contribution in [0.15, 0.2) is 30.3 Å². The zero-order valence-corrected chi connectivity index (χ0v) is 7.74. The highest BCUT2D eigenvalue weighted by atomic mass is 31.1. The van der Waals surface area contributed by atoms with Gasteiger partial charge in [0.25, 0.3) is 0 Å². The van der Waals surface area contributed by atoms with Crippen molar-refractivity contribution in [2.45, 2.75) is 0 Å². The van der Waals surface area contributed by atoms with Crippen LogP contribution in [-0.2, 0) is 9.09 Å². The third kappa shape index (κ3) is 3.71. The van der Waals surface area contributed by atoms with E-state index in [9.17, 15) is 4.57 Å². The summed E-state index contributed by atoms with van der Waals surface area (Å²) < 4.78 is 20.5. The monoisotopic (exact) mass is 195 g/mol. The molecule has 13 heavy (non-hydrogen) atoms. The SMILES string of the molecule is C#CCO[P+](=O)Oc1ccccc1. The molecule has 0 spiro atoms. The molecule has 0 fully saturated rings. The summed E-state index contributed by atoms with van der Waals surface area (Å²) in [6.45, 7) is -0.0119. The van der Waals surface area contributed by atoms with E-state index >= 15 is 0 Å². The van der Waals surface area contributed by atoms with Crippen LogP contribution in [0.2, 0.25) is 0 Å². The van der Waals surface area contributed by atoms with Crippen LogP contribution in [-0.4, -0.2) is 6.61 Å². The van der Waals surface area contributed by atoms with Crippen LogP contribution in [0.3, 0.4) is 0 Å². The van der Waals surface area contributed by atoms with E-state index in [1.54, 1.807) is 24.3 Å². The second-order valence-electron chi connectivity index (χ2n) is 2.11. The van der Waals surface area contributed by atoms with Crippen molar-refractivity contribution in [2.24, 2.45) is 0 Å². The first-order valence-corrected chi connectivity index (χ1v) is 4.69. The van der Waals surface area contributed by atoms with Crippen molar-refractivity contribution in [3.63, 3.8) is 0 Å². The van der Waals surface area contributed by atoms with Crippen LogP contribution < -0.4 is 4.52 Å². The van der Waals surface area contributed by atoms with Gasteiger partial charge in [-0.05, 0) is 12.1 Å². The molecule has 0 aliphatic carbocycles. The molecule has 0 saturated heterocycles. The third-order valence-electron chi connectivity index (χ3n) is 1.18. The maximum absolute atomic E-state index is 11.0. The fourth-order valence-corrected chi connectivity index (χ4v) is 1.21. The first-order chi connectivity index (χ1) is 6.33. The van der Waals surface area contributed by atoms with Gasteiger partial charge in [0.15, 0.2) is 12.4 Å². The maximum atomic E-state index is 11.0. The second-order valence-corrected chi connectivity index (χ2v) is 2.99. The van der Waals surface area contributed by atoms with E-state index in [0.29, 0.717) is 5.75 Å². The summed E-state index contributed by atoms with van der Waals surface area (Å²) in [5, 5.41) is 0. The largest absolute Gasteiger partial charge is 0.751 e. The molecule has 1 unspecified atom stereocenters. The Morgan fingerprint density at radius 2 is 2.08 bits per heavy atom. The first-order valence-electron chi connectivity index (χ1n) is 3.59. The lowest BCUT2D eigenvalue weighted by atomic mass is 10.3. The fraction of sp³-hybridized carbons (Fsp3) is 0.111. The van der Waals surface area contributed by atoms with Crippen LogP contribution in [0, 0.1) is 12.3 Å².